The fourth-order valence-electron chi connectivity index (χ4n) is 5.73. The lowest BCUT2D eigenvalue weighted by Gasteiger charge is -2.18. The molecule has 0 radical (unpaired) electrons. The molecule has 0 spiro atoms. The van der Waals surface area contributed by atoms with Gasteiger partial charge in [0.25, 0.3) is 0 Å². The summed E-state index contributed by atoms with van der Waals surface area (Å²) in [4.78, 5) is 37.8. The summed E-state index contributed by atoms with van der Waals surface area (Å²) in [6, 6.07) is 0. The van der Waals surface area contributed by atoms with Gasteiger partial charge in [0.05, 0.1) is 0 Å². The van der Waals surface area contributed by atoms with E-state index in [-0.39, 0.29) is 50.4 Å². The van der Waals surface area contributed by atoms with Gasteiger partial charge in [-0.25, -0.2) is 0 Å². The summed E-state index contributed by atoms with van der Waals surface area (Å²) in [6.45, 7) is 6.13. The highest BCUT2D eigenvalue weighted by molar-refractivity contribution is 5.71. The van der Waals surface area contributed by atoms with E-state index in [9.17, 15) is 14.4 Å². The molecular formula is C55H84O6. The third-order valence-electron chi connectivity index (χ3n) is 9.19. The summed E-state index contributed by atoms with van der Waals surface area (Å²) >= 11 is 0. The SMILES string of the molecule is CC\C=C/C=C\C=C/CCCCCCCCCC(=O)OC(COC(=O)CCC/C=C\C/C=C\C/C=C\CC)COC(=O)CCC/C=C\C/C=C\C/C=C\C/C=C\C/C=C\CC. The zero-order chi connectivity index (χ0) is 44.4. The molecule has 0 bridgehead atoms. The third-order valence-corrected chi connectivity index (χ3v) is 9.19. The Bertz CT molecular complexity index is 1380. The monoisotopic (exact) mass is 841 g/mol. The molecular weight excluding hydrogens is 757 g/mol. The van der Waals surface area contributed by atoms with E-state index in [4.69, 9.17) is 14.2 Å². The van der Waals surface area contributed by atoms with Crippen LogP contribution in [0.2, 0.25) is 0 Å². The maximum absolute atomic E-state index is 12.8. The Hall–Kier alpha value is -4.45. The van der Waals surface area contributed by atoms with Crippen molar-refractivity contribution in [3.8, 4) is 0 Å². The number of carbonyl (C=O) groups excluding carboxylic acids is 3. The number of hydrogen-bond acceptors (Lipinski definition) is 6. The zero-order valence-corrected chi connectivity index (χ0v) is 38.6. The largest absolute Gasteiger partial charge is 0.462 e. The van der Waals surface area contributed by atoms with E-state index in [1.165, 1.54) is 19.3 Å². The van der Waals surface area contributed by atoms with E-state index >= 15 is 0 Å². The van der Waals surface area contributed by atoms with E-state index in [0.29, 0.717) is 12.8 Å². The first-order chi connectivity index (χ1) is 30.0. The normalized spacial score (nSPS) is 13.3. The molecule has 0 rings (SSSR count). The molecule has 340 valence electrons. The second-order valence-electron chi connectivity index (χ2n) is 14.9. The number of esters is 3. The van der Waals surface area contributed by atoms with Crippen molar-refractivity contribution >= 4 is 17.9 Å². The van der Waals surface area contributed by atoms with Gasteiger partial charge in [-0.2, -0.15) is 0 Å². The van der Waals surface area contributed by atoms with Gasteiger partial charge in [0.2, 0.25) is 0 Å². The molecule has 0 aliphatic rings. The highest BCUT2D eigenvalue weighted by Gasteiger charge is 2.19. The molecule has 6 heteroatoms. The summed E-state index contributed by atoms with van der Waals surface area (Å²) in [5, 5.41) is 0. The molecule has 0 saturated heterocycles. The number of rotatable bonds is 40. The average molecular weight is 841 g/mol. The molecule has 0 N–H and O–H groups in total. The molecule has 0 fully saturated rings. The quantitative estimate of drug-likeness (QED) is 0.0201. The van der Waals surface area contributed by atoms with Gasteiger partial charge < -0.3 is 14.2 Å². The molecule has 61 heavy (non-hydrogen) atoms. The van der Waals surface area contributed by atoms with Crippen LogP contribution in [0.4, 0.5) is 0 Å². The van der Waals surface area contributed by atoms with Crippen LogP contribution in [-0.4, -0.2) is 37.2 Å². The van der Waals surface area contributed by atoms with Gasteiger partial charge in [-0.1, -0.05) is 187 Å². The van der Waals surface area contributed by atoms with Gasteiger partial charge in [-0.05, 0) is 103 Å². The molecule has 0 aromatic carbocycles. The fourth-order valence-corrected chi connectivity index (χ4v) is 5.73. The van der Waals surface area contributed by atoms with Crippen LogP contribution in [0.15, 0.2) is 134 Å². The summed E-state index contributed by atoms with van der Waals surface area (Å²) in [5.74, 6) is -1.07. The number of allylic oxidation sites excluding steroid dienone is 22. The van der Waals surface area contributed by atoms with Crippen LogP contribution in [0.3, 0.4) is 0 Å². The molecule has 0 amide bonds. The zero-order valence-electron chi connectivity index (χ0n) is 38.6. The van der Waals surface area contributed by atoms with Crippen LogP contribution in [-0.2, 0) is 28.6 Å². The van der Waals surface area contributed by atoms with Crippen molar-refractivity contribution in [3.63, 3.8) is 0 Å². The van der Waals surface area contributed by atoms with Gasteiger partial charge in [0.1, 0.15) is 13.2 Å². The van der Waals surface area contributed by atoms with Gasteiger partial charge in [-0.15, -0.1) is 0 Å². The second-order valence-corrected chi connectivity index (χ2v) is 14.9. The van der Waals surface area contributed by atoms with Crippen molar-refractivity contribution in [2.24, 2.45) is 0 Å². The van der Waals surface area contributed by atoms with Crippen LogP contribution in [0.25, 0.3) is 0 Å². The average Bonchev–Trinajstić information content (AvgIpc) is 3.26. The lowest BCUT2D eigenvalue weighted by Crippen LogP contribution is -2.30. The highest BCUT2D eigenvalue weighted by atomic mass is 16.6. The minimum Gasteiger partial charge on any atom is -0.462 e. The highest BCUT2D eigenvalue weighted by Crippen LogP contribution is 2.12. The number of unbranched alkanes of at least 4 members (excludes halogenated alkanes) is 9. The number of hydrogen-bond donors (Lipinski definition) is 0. The molecule has 0 aliphatic heterocycles. The Labute approximate surface area is 373 Å². The third kappa shape index (κ3) is 46.5. The summed E-state index contributed by atoms with van der Waals surface area (Å²) in [6.07, 6.45) is 67.3. The van der Waals surface area contributed by atoms with Crippen LogP contribution in [0.1, 0.15) is 175 Å². The smallest absolute Gasteiger partial charge is 0.306 e. The molecule has 0 aliphatic carbocycles. The van der Waals surface area contributed by atoms with E-state index < -0.39 is 6.10 Å². The number of ether oxygens (including phenoxy) is 3. The van der Waals surface area contributed by atoms with Crippen molar-refractivity contribution < 1.29 is 28.6 Å². The molecule has 0 heterocycles. The molecule has 6 nitrogen and oxygen atoms in total. The van der Waals surface area contributed by atoms with Crippen LogP contribution >= 0.6 is 0 Å². The minimum absolute atomic E-state index is 0.133. The predicted molar refractivity (Wildman–Crippen MR) is 260 cm³/mol. The summed E-state index contributed by atoms with van der Waals surface area (Å²) in [5.41, 5.74) is 0. The van der Waals surface area contributed by atoms with Crippen molar-refractivity contribution in [2.75, 3.05) is 13.2 Å². The Morgan fingerprint density at radius 2 is 0.689 bits per heavy atom. The van der Waals surface area contributed by atoms with E-state index in [0.717, 1.165) is 103 Å². The van der Waals surface area contributed by atoms with Crippen molar-refractivity contribution in [1.29, 1.82) is 0 Å². The van der Waals surface area contributed by atoms with Gasteiger partial charge in [-0.3, -0.25) is 14.4 Å². The summed E-state index contributed by atoms with van der Waals surface area (Å²) in [7, 11) is 0. The Morgan fingerprint density at radius 3 is 1.13 bits per heavy atom. The Balaban J connectivity index is 4.57. The van der Waals surface area contributed by atoms with E-state index in [1.54, 1.807) is 0 Å². The van der Waals surface area contributed by atoms with Crippen molar-refractivity contribution in [2.45, 2.75) is 181 Å². The fraction of sp³-hybridized carbons (Fsp3) is 0.545. The molecule has 0 aromatic rings. The Kier molecular flexibility index (Phi) is 44.7. The Morgan fingerprint density at radius 1 is 0.344 bits per heavy atom. The van der Waals surface area contributed by atoms with Crippen molar-refractivity contribution in [3.05, 3.63) is 134 Å². The standard InChI is InChI=1S/C55H84O6/c1-4-7-10-13-16-19-22-24-26-27-29-30-33-36-39-42-45-48-54(57)60-51-52(50-59-53(56)47-44-41-38-35-32-21-18-15-12-9-6-3)61-55(58)49-46-43-40-37-34-31-28-25-23-20-17-14-11-8-5-2/h7-12,14,16-21,23-24,26,29-30,35-36,38-39,52H,4-6,13,15,22,25,27-28,31-34,37,40-51H2,1-3H3/b10-7-,11-8-,12-9-,17-14-,19-16-,21-18-,23-20-,26-24-,30-29-,38-35-,39-36-. The predicted octanol–water partition coefficient (Wildman–Crippen LogP) is 15.5. The van der Waals surface area contributed by atoms with Gasteiger partial charge in [0, 0.05) is 19.3 Å². The topological polar surface area (TPSA) is 78.9 Å². The minimum atomic E-state index is -0.831. The number of carbonyl (C=O) groups is 3. The lowest BCUT2D eigenvalue weighted by atomic mass is 10.1. The first-order valence-corrected chi connectivity index (χ1v) is 23.7. The molecule has 1 atom stereocenters. The van der Waals surface area contributed by atoms with E-state index in [2.05, 4.69) is 154 Å². The van der Waals surface area contributed by atoms with Crippen LogP contribution in [0.5, 0.6) is 0 Å². The first-order valence-electron chi connectivity index (χ1n) is 23.7. The maximum atomic E-state index is 12.8. The first kappa shape index (κ1) is 56.5. The second kappa shape index (κ2) is 48.2. The van der Waals surface area contributed by atoms with Crippen LogP contribution in [0, 0.1) is 0 Å². The molecule has 0 aromatic heterocycles. The molecule has 0 saturated carbocycles. The van der Waals surface area contributed by atoms with Gasteiger partial charge >= 0.3 is 17.9 Å². The maximum Gasteiger partial charge on any atom is 0.306 e. The van der Waals surface area contributed by atoms with Crippen LogP contribution < -0.4 is 0 Å². The van der Waals surface area contributed by atoms with Gasteiger partial charge in [0.15, 0.2) is 6.10 Å². The lowest BCUT2D eigenvalue weighted by molar-refractivity contribution is -0.167. The molecule has 1 unspecified atom stereocenters. The van der Waals surface area contributed by atoms with Crippen molar-refractivity contribution in [1.82, 2.24) is 0 Å². The summed E-state index contributed by atoms with van der Waals surface area (Å²) < 4.78 is 16.6. The van der Waals surface area contributed by atoms with E-state index in [1.807, 2.05) is 0 Å².